The van der Waals surface area contributed by atoms with Crippen LogP contribution in [0.1, 0.15) is 28.1 Å². The van der Waals surface area contributed by atoms with Crippen molar-refractivity contribution in [3.63, 3.8) is 0 Å². The number of aryl methyl sites for hydroxylation is 1. The van der Waals surface area contributed by atoms with Crippen molar-refractivity contribution in [3.8, 4) is 5.75 Å². The average molecular weight is 397 g/mol. The van der Waals surface area contributed by atoms with Gasteiger partial charge in [0.2, 0.25) is 11.9 Å². The highest BCUT2D eigenvalue weighted by molar-refractivity contribution is 9.10. The van der Waals surface area contributed by atoms with Crippen LogP contribution in [0.3, 0.4) is 0 Å². The van der Waals surface area contributed by atoms with Gasteiger partial charge in [-0.3, -0.25) is 0 Å². The van der Waals surface area contributed by atoms with Crippen LogP contribution < -0.4 is 10.1 Å². The van der Waals surface area contributed by atoms with E-state index in [4.69, 9.17) is 5.73 Å². The summed E-state index contributed by atoms with van der Waals surface area (Å²) in [7, 11) is 0. The van der Waals surface area contributed by atoms with Crippen molar-refractivity contribution in [2.24, 2.45) is 5.73 Å². The molecule has 0 unspecified atom stereocenters. The zero-order valence-electron chi connectivity index (χ0n) is 13.9. The maximum atomic E-state index is 10.0. The molecule has 126 valence electrons. The van der Waals surface area contributed by atoms with Gasteiger partial charge < -0.3 is 10.8 Å². The van der Waals surface area contributed by atoms with Gasteiger partial charge in [0, 0.05) is 22.2 Å². The Hall–Kier alpha value is -2.37. The summed E-state index contributed by atoms with van der Waals surface area (Å²) in [6.07, 6.45) is 11.1. The number of aromatic hydroxyl groups is 1. The van der Waals surface area contributed by atoms with E-state index in [0.29, 0.717) is 6.54 Å². The molecule has 5 heteroatoms. The summed E-state index contributed by atoms with van der Waals surface area (Å²) < 4.78 is 5.31. The molecule has 0 atom stereocenters. The van der Waals surface area contributed by atoms with Crippen molar-refractivity contribution >= 4 is 39.7 Å². The van der Waals surface area contributed by atoms with Crippen molar-refractivity contribution in [1.82, 2.24) is 4.52 Å². The minimum absolute atomic E-state index is 0.265. The standard InChI is InChI=1S/C20H18BrN3O/c1-13-11-16(6-4-14-12-15(21)5-7-19(14)25)24-20(13)17(8-9-22)18-3-2-10-23(18)24/h2-7,10-12H,8-9,22H2,1H3/p+1. The fourth-order valence-electron chi connectivity index (χ4n) is 3.50. The number of halogens is 1. The number of nitrogens with two attached hydrogens (primary N) is 1. The van der Waals surface area contributed by atoms with E-state index in [9.17, 15) is 5.11 Å². The molecule has 0 amide bonds. The van der Waals surface area contributed by atoms with Gasteiger partial charge in [0.1, 0.15) is 17.0 Å². The fourth-order valence-corrected chi connectivity index (χ4v) is 3.87. The van der Waals surface area contributed by atoms with E-state index in [-0.39, 0.29) is 5.75 Å². The first kappa shape index (κ1) is 16.1. The molecule has 2 aromatic heterocycles. The highest BCUT2D eigenvalue weighted by atomic mass is 79.9. The summed E-state index contributed by atoms with van der Waals surface area (Å²) in [6.45, 7) is 2.75. The Kier molecular flexibility index (Phi) is 3.98. The van der Waals surface area contributed by atoms with Crippen molar-refractivity contribution in [2.45, 2.75) is 13.3 Å². The second-order valence-corrected chi connectivity index (χ2v) is 7.12. The fraction of sp³-hybridized carbons (Fsp3) is 0.150. The number of rotatable bonds is 4. The number of phenolic OH excluding ortho intramolecular Hbond substituents is 1. The van der Waals surface area contributed by atoms with E-state index in [0.717, 1.165) is 22.2 Å². The normalized spacial score (nSPS) is 13.1. The number of hydrogen-bond acceptors (Lipinski definition) is 2. The molecule has 3 N–H and O–H groups in total. The van der Waals surface area contributed by atoms with Crippen LogP contribution in [0.2, 0.25) is 0 Å². The molecule has 0 spiro atoms. The Balaban J connectivity index is 1.88. The molecule has 1 aromatic carbocycles. The van der Waals surface area contributed by atoms with Crippen LogP contribution in [-0.4, -0.2) is 16.2 Å². The average Bonchev–Trinajstić information content (AvgIpc) is 3.24. The number of nitrogens with zero attached hydrogens (tertiary/aromatic N) is 2. The summed E-state index contributed by atoms with van der Waals surface area (Å²) >= 11 is 3.45. The Morgan fingerprint density at radius 1 is 1.28 bits per heavy atom. The Bertz CT molecular complexity index is 1090. The molecule has 25 heavy (non-hydrogen) atoms. The number of hydrogen-bond donors (Lipinski definition) is 2. The maximum Gasteiger partial charge on any atom is 0.242 e. The van der Waals surface area contributed by atoms with Crippen LogP contribution in [0.5, 0.6) is 5.75 Å². The maximum absolute atomic E-state index is 10.0. The largest absolute Gasteiger partial charge is 0.507 e. The molecule has 4 rings (SSSR count). The van der Waals surface area contributed by atoms with Gasteiger partial charge in [-0.1, -0.05) is 20.3 Å². The van der Waals surface area contributed by atoms with Crippen LogP contribution in [0.15, 0.2) is 34.8 Å². The summed E-state index contributed by atoms with van der Waals surface area (Å²) in [5.41, 5.74) is 12.6. The lowest BCUT2D eigenvalue weighted by Crippen LogP contribution is -2.24. The minimum atomic E-state index is 0.265. The van der Waals surface area contributed by atoms with E-state index in [1.165, 1.54) is 22.3 Å². The zero-order valence-corrected chi connectivity index (χ0v) is 15.5. The lowest BCUT2D eigenvalue weighted by atomic mass is 10.1. The van der Waals surface area contributed by atoms with Gasteiger partial charge in [-0.25, -0.2) is 0 Å². The molecule has 0 saturated carbocycles. The van der Waals surface area contributed by atoms with E-state index in [2.05, 4.69) is 56.2 Å². The summed E-state index contributed by atoms with van der Waals surface area (Å²) in [5.74, 6) is 0.265. The lowest BCUT2D eigenvalue weighted by Gasteiger charge is -1.99. The van der Waals surface area contributed by atoms with Gasteiger partial charge in [-0.2, -0.15) is 0 Å². The minimum Gasteiger partial charge on any atom is -0.507 e. The van der Waals surface area contributed by atoms with E-state index in [1.54, 1.807) is 6.07 Å². The molecule has 4 nitrogen and oxygen atoms in total. The summed E-state index contributed by atoms with van der Waals surface area (Å²) in [5, 5.41) is 10.0. The number of fused-ring (bicyclic) bond motifs is 3. The summed E-state index contributed by atoms with van der Waals surface area (Å²) in [6, 6.07) is 7.58. The van der Waals surface area contributed by atoms with Crippen LogP contribution >= 0.6 is 15.9 Å². The molecule has 3 heterocycles. The third kappa shape index (κ3) is 2.60. The van der Waals surface area contributed by atoms with Crippen molar-refractivity contribution in [3.05, 3.63) is 69.1 Å². The van der Waals surface area contributed by atoms with E-state index in [1.807, 2.05) is 24.3 Å². The van der Waals surface area contributed by atoms with Crippen molar-refractivity contribution < 1.29 is 9.46 Å². The second-order valence-electron chi connectivity index (χ2n) is 6.20. The van der Waals surface area contributed by atoms with Crippen LogP contribution in [0.4, 0.5) is 0 Å². The second kappa shape index (κ2) is 6.17. The zero-order chi connectivity index (χ0) is 17.6. The smallest absolute Gasteiger partial charge is 0.242 e. The third-order valence-corrected chi connectivity index (χ3v) is 5.04. The van der Waals surface area contributed by atoms with Crippen molar-refractivity contribution in [2.75, 3.05) is 6.54 Å². The number of phenols is 1. The SMILES string of the molecule is Cc1cc(/C=C/c2cc(Br)ccc2O)n2c1c(CCN)c1[n+]2=CC=C1. The predicted octanol–water partition coefficient (Wildman–Crippen LogP) is 3.43. The molecule has 0 radical (unpaired) electrons. The molecular formula is C20H19BrN3O+. The highest BCUT2D eigenvalue weighted by Crippen LogP contribution is 2.27. The van der Waals surface area contributed by atoms with Gasteiger partial charge in [0.15, 0.2) is 0 Å². The first-order valence-corrected chi connectivity index (χ1v) is 9.03. The monoisotopic (exact) mass is 396 g/mol. The molecule has 3 aromatic rings. The first-order valence-electron chi connectivity index (χ1n) is 8.23. The molecule has 0 bridgehead atoms. The van der Waals surface area contributed by atoms with Gasteiger partial charge in [0.05, 0.1) is 5.56 Å². The van der Waals surface area contributed by atoms with Gasteiger partial charge in [-0.15, -0.1) is 4.52 Å². The highest BCUT2D eigenvalue weighted by Gasteiger charge is 2.26. The van der Waals surface area contributed by atoms with Gasteiger partial charge >= 0.3 is 0 Å². The molecular weight excluding hydrogens is 378 g/mol. The molecule has 0 fully saturated rings. The Morgan fingerprint density at radius 3 is 2.92 bits per heavy atom. The van der Waals surface area contributed by atoms with Gasteiger partial charge in [-0.05, 0) is 61.9 Å². The third-order valence-electron chi connectivity index (χ3n) is 4.55. The van der Waals surface area contributed by atoms with E-state index < -0.39 is 0 Å². The molecule has 1 aliphatic rings. The van der Waals surface area contributed by atoms with Gasteiger partial charge in [0.25, 0.3) is 0 Å². The lowest BCUT2D eigenvalue weighted by molar-refractivity contribution is -0.583. The molecule has 0 aliphatic carbocycles. The van der Waals surface area contributed by atoms with E-state index >= 15 is 0 Å². The van der Waals surface area contributed by atoms with Crippen LogP contribution in [0.25, 0.3) is 23.7 Å². The predicted molar refractivity (Wildman–Crippen MR) is 104 cm³/mol. The van der Waals surface area contributed by atoms with Crippen LogP contribution in [0, 0.1) is 13.1 Å². The van der Waals surface area contributed by atoms with Crippen LogP contribution in [-0.2, 0) is 6.42 Å². The quantitative estimate of drug-likeness (QED) is 0.663. The molecule has 0 saturated heterocycles. The first-order chi connectivity index (χ1) is 12.1. The Morgan fingerprint density at radius 2 is 2.12 bits per heavy atom. The summed E-state index contributed by atoms with van der Waals surface area (Å²) in [4.78, 5) is 0. The van der Waals surface area contributed by atoms with Crippen molar-refractivity contribution in [1.29, 1.82) is 0 Å². The number of aromatic nitrogens is 2. The molecule has 1 aliphatic heterocycles. The number of allylic oxidation sites excluding steroid dienone is 1. The number of benzene rings is 1. The topological polar surface area (TPSA) is 56.6 Å². The Labute approximate surface area is 154 Å².